The number of ether oxygens (including phenoxy) is 1. The number of hydrogen-bond acceptors (Lipinski definition) is 7. The van der Waals surface area contributed by atoms with E-state index in [-0.39, 0.29) is 17.2 Å². The third-order valence-electron chi connectivity index (χ3n) is 6.59. The Morgan fingerprint density at radius 1 is 1.17 bits per heavy atom. The molecule has 2 atom stereocenters. The molecule has 2 aromatic carbocycles. The van der Waals surface area contributed by atoms with E-state index < -0.39 is 18.4 Å². The van der Waals surface area contributed by atoms with Crippen LogP contribution in [0.4, 0.5) is 10.2 Å². The molecule has 2 aromatic heterocycles. The maximum Gasteiger partial charge on any atom is 0.341 e. The minimum absolute atomic E-state index is 0.0234. The number of halogens is 2. The van der Waals surface area contributed by atoms with Gasteiger partial charge in [-0.2, -0.15) is 9.97 Å². The number of carboxylic acids is 1. The lowest BCUT2D eigenvalue weighted by Crippen LogP contribution is -2.51. The van der Waals surface area contributed by atoms with Gasteiger partial charge in [-0.05, 0) is 24.3 Å². The lowest BCUT2D eigenvalue weighted by molar-refractivity contribution is -0.139. The number of piperazine rings is 1. The van der Waals surface area contributed by atoms with Gasteiger partial charge in [0.25, 0.3) is 0 Å². The lowest BCUT2D eigenvalue weighted by Gasteiger charge is -2.34. The lowest BCUT2D eigenvalue weighted by atomic mass is 10.0. The van der Waals surface area contributed by atoms with Crippen LogP contribution in [0.1, 0.15) is 12.8 Å². The summed E-state index contributed by atoms with van der Waals surface area (Å²) in [6.45, 7) is 0.767. The van der Waals surface area contributed by atoms with Gasteiger partial charge in [-0.15, -0.1) is 0 Å². The normalized spacial score (nSPS) is 19.4. The number of benzene rings is 2. The molecule has 0 spiro atoms. The van der Waals surface area contributed by atoms with E-state index in [2.05, 4.69) is 25.2 Å². The predicted octanol–water partition coefficient (Wildman–Crippen LogP) is 4.04. The van der Waals surface area contributed by atoms with Crippen molar-refractivity contribution < 1.29 is 19.0 Å². The molecule has 2 aliphatic rings. The molecule has 4 heterocycles. The van der Waals surface area contributed by atoms with E-state index in [1.165, 1.54) is 0 Å². The Kier molecular flexibility index (Phi) is 5.38. The third-order valence-corrected chi connectivity index (χ3v) is 6.91. The molecule has 6 rings (SSSR count). The molecule has 0 radical (unpaired) electrons. The van der Waals surface area contributed by atoms with Crippen molar-refractivity contribution in [3.05, 3.63) is 53.4 Å². The van der Waals surface area contributed by atoms with Gasteiger partial charge in [0.1, 0.15) is 17.0 Å². The summed E-state index contributed by atoms with van der Waals surface area (Å²) < 4.78 is 21.4. The molecular weight excluding hydrogens is 473 g/mol. The smallest absolute Gasteiger partial charge is 0.341 e. The van der Waals surface area contributed by atoms with E-state index in [0.29, 0.717) is 52.3 Å². The second-order valence-electron chi connectivity index (χ2n) is 8.88. The van der Waals surface area contributed by atoms with Crippen molar-refractivity contribution in [3.8, 4) is 17.3 Å². The van der Waals surface area contributed by atoms with Gasteiger partial charge in [0, 0.05) is 47.3 Å². The van der Waals surface area contributed by atoms with Crippen molar-refractivity contribution in [1.29, 1.82) is 0 Å². The van der Waals surface area contributed by atoms with Crippen LogP contribution in [0.25, 0.3) is 32.9 Å². The van der Waals surface area contributed by atoms with Crippen molar-refractivity contribution in [2.75, 3.05) is 24.6 Å². The summed E-state index contributed by atoms with van der Waals surface area (Å²) in [5, 5.41) is 15.1. The average Bonchev–Trinajstić information content (AvgIpc) is 3.20. The van der Waals surface area contributed by atoms with Crippen LogP contribution < -0.4 is 15.0 Å². The quantitative estimate of drug-likeness (QED) is 0.429. The first-order valence-corrected chi connectivity index (χ1v) is 11.7. The molecule has 2 aliphatic heterocycles. The van der Waals surface area contributed by atoms with E-state index in [1.54, 1.807) is 18.3 Å². The molecular formula is C25H21ClFN5O3. The van der Waals surface area contributed by atoms with E-state index in [9.17, 15) is 4.79 Å². The van der Waals surface area contributed by atoms with E-state index in [0.717, 1.165) is 18.2 Å². The number of pyridine rings is 1. The Labute approximate surface area is 204 Å². The Morgan fingerprint density at radius 3 is 2.66 bits per heavy atom. The summed E-state index contributed by atoms with van der Waals surface area (Å²) in [5.74, 6) is -1.32. The summed E-state index contributed by atoms with van der Waals surface area (Å²) in [5.41, 5.74) is 0.668. The first kappa shape index (κ1) is 21.9. The number of nitrogens with one attached hydrogen (secondary N) is 1. The fraction of sp³-hybridized carbons (Fsp3) is 0.280. The van der Waals surface area contributed by atoms with Crippen molar-refractivity contribution in [3.63, 3.8) is 0 Å². The molecule has 178 valence electrons. The van der Waals surface area contributed by atoms with Crippen LogP contribution in [0.5, 0.6) is 6.01 Å². The van der Waals surface area contributed by atoms with Gasteiger partial charge in [-0.1, -0.05) is 41.9 Å². The van der Waals surface area contributed by atoms with Crippen LogP contribution in [0, 0.1) is 5.82 Å². The molecule has 0 amide bonds. The Balaban J connectivity index is 1.54. The monoisotopic (exact) mass is 493 g/mol. The van der Waals surface area contributed by atoms with Crippen molar-refractivity contribution in [2.45, 2.75) is 24.9 Å². The number of aromatic nitrogens is 3. The highest BCUT2D eigenvalue weighted by atomic mass is 35.5. The summed E-state index contributed by atoms with van der Waals surface area (Å²) in [7, 11) is 0. The first-order chi connectivity index (χ1) is 17.0. The van der Waals surface area contributed by atoms with E-state index in [4.69, 9.17) is 21.4 Å². The molecule has 0 saturated carbocycles. The Hall–Kier alpha value is -3.56. The van der Waals surface area contributed by atoms with E-state index in [1.807, 2.05) is 24.3 Å². The van der Waals surface area contributed by atoms with Gasteiger partial charge in [0.15, 0.2) is 12.4 Å². The maximum absolute atomic E-state index is 16.1. The highest BCUT2D eigenvalue weighted by Gasteiger charge is 2.34. The van der Waals surface area contributed by atoms with Gasteiger partial charge >= 0.3 is 12.0 Å². The van der Waals surface area contributed by atoms with Crippen LogP contribution in [0.3, 0.4) is 0 Å². The van der Waals surface area contributed by atoms with Crippen LogP contribution in [-0.4, -0.2) is 57.8 Å². The largest absolute Gasteiger partial charge is 0.479 e. The number of carboxylic acid groups (broad SMARTS) is 1. The van der Waals surface area contributed by atoms with Crippen LogP contribution in [0.2, 0.25) is 5.02 Å². The number of fused-ring (bicyclic) bond motifs is 4. The molecule has 2 saturated heterocycles. The molecule has 4 aromatic rings. The molecule has 2 bridgehead atoms. The third kappa shape index (κ3) is 3.90. The minimum Gasteiger partial charge on any atom is -0.479 e. The fourth-order valence-corrected chi connectivity index (χ4v) is 5.39. The van der Waals surface area contributed by atoms with Gasteiger partial charge in [-0.3, -0.25) is 4.98 Å². The number of carbonyl (C=O) groups is 1. The number of rotatable bonds is 5. The molecule has 2 N–H and O–H groups in total. The SMILES string of the molecule is O=C(O)COc1nc(N2CC3CCC(C2)N3)c2cnc(-c3cccc4cccc(Cl)c34)c(F)c2n1. The Bertz CT molecular complexity index is 1470. The summed E-state index contributed by atoms with van der Waals surface area (Å²) in [6, 6.07) is 11.4. The first-order valence-electron chi connectivity index (χ1n) is 11.4. The van der Waals surface area contributed by atoms with Gasteiger partial charge < -0.3 is 20.1 Å². The van der Waals surface area contributed by atoms with Crippen molar-refractivity contribution >= 4 is 45.1 Å². The molecule has 35 heavy (non-hydrogen) atoms. The number of hydrogen-bond donors (Lipinski definition) is 2. The summed E-state index contributed by atoms with van der Waals surface area (Å²) >= 11 is 6.47. The standard InChI is InChI=1S/C25H21ClFN5O3/c26-18-6-2-4-13-3-1-5-16(20(13)18)22-21(27)23-17(9-28-22)24(31-25(30-23)35-12-19(33)34)32-10-14-7-8-15(11-32)29-14/h1-6,9,14-15,29H,7-8,10-12H2,(H,33,34). The van der Waals surface area contributed by atoms with Gasteiger partial charge in [-0.25, -0.2) is 9.18 Å². The highest BCUT2D eigenvalue weighted by molar-refractivity contribution is 6.36. The molecule has 2 unspecified atom stereocenters. The van der Waals surface area contributed by atoms with Crippen molar-refractivity contribution in [1.82, 2.24) is 20.3 Å². The molecule has 0 aliphatic carbocycles. The fourth-order valence-electron chi connectivity index (χ4n) is 5.10. The van der Waals surface area contributed by atoms with Crippen LogP contribution in [0.15, 0.2) is 42.6 Å². The zero-order valence-electron chi connectivity index (χ0n) is 18.5. The average molecular weight is 494 g/mol. The zero-order valence-corrected chi connectivity index (χ0v) is 19.3. The number of anilines is 1. The molecule has 8 nitrogen and oxygen atoms in total. The van der Waals surface area contributed by atoms with Crippen LogP contribution >= 0.6 is 11.6 Å². The second kappa shape index (κ2) is 8.58. The maximum atomic E-state index is 16.1. The second-order valence-corrected chi connectivity index (χ2v) is 9.29. The van der Waals surface area contributed by atoms with Gasteiger partial charge in [0.2, 0.25) is 0 Å². The summed E-state index contributed by atoms with van der Waals surface area (Å²) in [4.78, 5) is 26.4. The Morgan fingerprint density at radius 2 is 1.91 bits per heavy atom. The topological polar surface area (TPSA) is 100 Å². The van der Waals surface area contributed by atoms with Crippen molar-refractivity contribution in [2.24, 2.45) is 0 Å². The molecule has 2 fully saturated rings. The summed E-state index contributed by atoms with van der Waals surface area (Å²) in [6.07, 6.45) is 3.69. The van der Waals surface area contributed by atoms with E-state index >= 15 is 4.39 Å². The number of aliphatic carboxylic acids is 1. The van der Waals surface area contributed by atoms with Crippen LogP contribution in [-0.2, 0) is 4.79 Å². The van der Waals surface area contributed by atoms with Gasteiger partial charge in [0.05, 0.1) is 5.39 Å². The zero-order chi connectivity index (χ0) is 24.1. The predicted molar refractivity (Wildman–Crippen MR) is 131 cm³/mol. The molecule has 10 heteroatoms. The highest BCUT2D eigenvalue weighted by Crippen LogP contribution is 2.37. The number of nitrogens with zero attached hydrogens (tertiary/aromatic N) is 4. The minimum atomic E-state index is -1.17.